The van der Waals surface area contributed by atoms with Crippen molar-refractivity contribution >= 4 is 17.7 Å². The van der Waals surface area contributed by atoms with E-state index in [-0.39, 0.29) is 0 Å². The monoisotopic (exact) mass is 437 g/mol. The van der Waals surface area contributed by atoms with Gasteiger partial charge in [-0.2, -0.15) is 28.2 Å². The molecule has 0 bridgehead atoms. The number of benzene rings is 2. The Kier molecular flexibility index (Phi) is 6.35. The van der Waals surface area contributed by atoms with Crippen LogP contribution in [0.3, 0.4) is 0 Å². The van der Waals surface area contributed by atoms with Crippen molar-refractivity contribution in [1.29, 1.82) is 0 Å². The number of alkyl halides is 3. The van der Waals surface area contributed by atoms with E-state index in [1.165, 1.54) is 28.7 Å². The van der Waals surface area contributed by atoms with Crippen LogP contribution in [0.4, 0.5) is 13.2 Å². The van der Waals surface area contributed by atoms with E-state index in [0.29, 0.717) is 28.6 Å². The Labute approximate surface area is 174 Å². The summed E-state index contributed by atoms with van der Waals surface area (Å²) in [5.74, 6) is -0.0213. The quantitative estimate of drug-likeness (QED) is 0.542. The highest BCUT2D eigenvalue weighted by atomic mass is 32.2. The first-order valence-electron chi connectivity index (χ1n) is 8.82. The highest BCUT2D eigenvalue weighted by molar-refractivity contribution is 7.98. The van der Waals surface area contributed by atoms with E-state index in [0.717, 1.165) is 22.6 Å². The zero-order chi connectivity index (χ0) is 21.9. The lowest BCUT2D eigenvalue weighted by atomic mass is 10.2. The second kappa shape index (κ2) is 8.78. The van der Waals surface area contributed by atoms with Gasteiger partial charge < -0.3 is 9.84 Å². The van der Waals surface area contributed by atoms with Gasteiger partial charge in [-0.15, -0.1) is 11.8 Å². The molecule has 0 aliphatic rings. The van der Waals surface area contributed by atoms with Gasteiger partial charge in [-0.25, -0.2) is 4.79 Å². The number of carboxylic acid groups (broad SMARTS) is 1. The molecule has 0 spiro atoms. The van der Waals surface area contributed by atoms with Gasteiger partial charge in [0.1, 0.15) is 5.75 Å². The van der Waals surface area contributed by atoms with Gasteiger partial charge in [-0.1, -0.05) is 0 Å². The van der Waals surface area contributed by atoms with Gasteiger partial charge in [-0.3, -0.25) is 0 Å². The van der Waals surface area contributed by atoms with Crippen molar-refractivity contribution in [3.63, 3.8) is 0 Å². The van der Waals surface area contributed by atoms with Gasteiger partial charge in [0.25, 0.3) is 0 Å². The second-order valence-electron chi connectivity index (χ2n) is 6.46. The Bertz CT molecular complexity index is 1050. The molecule has 0 amide bonds. The lowest BCUT2D eigenvalue weighted by Crippen LogP contribution is -2.09. The van der Waals surface area contributed by atoms with Crippen LogP contribution in [0.5, 0.6) is 5.75 Å². The minimum atomic E-state index is -4.39. The van der Waals surface area contributed by atoms with Crippen molar-refractivity contribution < 1.29 is 27.8 Å². The molecule has 6 nitrogen and oxygen atoms in total. The predicted molar refractivity (Wildman–Crippen MR) is 105 cm³/mol. The largest absolute Gasteiger partial charge is 0.482 e. The van der Waals surface area contributed by atoms with Crippen LogP contribution in [0.25, 0.3) is 5.69 Å². The third-order valence-corrected chi connectivity index (χ3v) is 5.18. The maximum atomic E-state index is 12.7. The first-order valence-corrected chi connectivity index (χ1v) is 9.80. The van der Waals surface area contributed by atoms with E-state index in [1.54, 1.807) is 13.0 Å². The van der Waals surface area contributed by atoms with Crippen LogP contribution in [0.2, 0.25) is 0 Å². The first-order chi connectivity index (χ1) is 14.1. The first kappa shape index (κ1) is 21.7. The van der Waals surface area contributed by atoms with Crippen molar-refractivity contribution in [2.45, 2.75) is 30.7 Å². The molecule has 0 atom stereocenters. The molecule has 0 unspecified atom stereocenters. The zero-order valence-electron chi connectivity index (χ0n) is 16.1. The van der Waals surface area contributed by atoms with Crippen LogP contribution in [-0.4, -0.2) is 32.7 Å². The molecule has 0 radical (unpaired) electrons. The molecule has 0 aliphatic carbocycles. The Morgan fingerprint density at radius 2 is 1.83 bits per heavy atom. The molecule has 0 saturated carbocycles. The van der Waals surface area contributed by atoms with E-state index in [9.17, 15) is 18.0 Å². The van der Waals surface area contributed by atoms with Crippen LogP contribution >= 0.6 is 11.8 Å². The van der Waals surface area contributed by atoms with Gasteiger partial charge in [0, 0.05) is 10.6 Å². The van der Waals surface area contributed by atoms with E-state index in [4.69, 9.17) is 9.84 Å². The average Bonchev–Trinajstić information content (AvgIpc) is 3.05. The van der Waals surface area contributed by atoms with Crippen LogP contribution in [-0.2, 0) is 16.7 Å². The fourth-order valence-electron chi connectivity index (χ4n) is 2.61. The molecular weight excluding hydrogens is 419 g/mol. The van der Waals surface area contributed by atoms with Crippen molar-refractivity contribution in [2.75, 3.05) is 6.61 Å². The number of carbonyl (C=O) groups is 1. The lowest BCUT2D eigenvalue weighted by Gasteiger charge is -2.08. The molecule has 0 aliphatic heterocycles. The van der Waals surface area contributed by atoms with Crippen LogP contribution in [0.15, 0.2) is 47.4 Å². The number of aryl methyl sites for hydroxylation is 2. The fraction of sp³-hybridized carbons (Fsp3) is 0.250. The number of nitrogens with zero attached hydrogens (tertiary/aromatic N) is 3. The van der Waals surface area contributed by atoms with E-state index in [1.807, 2.05) is 19.1 Å². The van der Waals surface area contributed by atoms with Crippen molar-refractivity contribution in [2.24, 2.45) is 0 Å². The summed E-state index contributed by atoms with van der Waals surface area (Å²) >= 11 is 1.51. The van der Waals surface area contributed by atoms with Crippen molar-refractivity contribution in [1.82, 2.24) is 15.0 Å². The molecule has 2 aromatic carbocycles. The molecule has 1 aromatic heterocycles. The topological polar surface area (TPSA) is 77.2 Å². The lowest BCUT2D eigenvalue weighted by molar-refractivity contribution is -0.139. The summed E-state index contributed by atoms with van der Waals surface area (Å²) in [5.41, 5.74) is 1.92. The number of halogens is 3. The van der Waals surface area contributed by atoms with Crippen LogP contribution in [0, 0.1) is 13.8 Å². The summed E-state index contributed by atoms with van der Waals surface area (Å²) in [6.07, 6.45) is -4.39. The molecule has 0 saturated heterocycles. The summed E-state index contributed by atoms with van der Waals surface area (Å²) in [5, 5.41) is 17.4. The molecule has 1 N–H and O–H groups in total. The number of aliphatic carboxylic acids is 1. The minimum absolute atomic E-state index is 0.403. The fourth-order valence-corrected chi connectivity index (χ4v) is 3.60. The number of ether oxygens (including phenoxy) is 1. The standard InChI is InChI=1S/C20H18F3N3O3S/c1-12-9-16(7-8-18(12)29-10-19(27)28)30-11-17-13(2)24-26(25-17)15-5-3-14(4-6-15)20(21,22)23/h3-9H,10-11H2,1-2H3,(H,27,28). The molecule has 0 fully saturated rings. The number of rotatable bonds is 7. The van der Waals surface area contributed by atoms with E-state index < -0.39 is 24.3 Å². The maximum absolute atomic E-state index is 12.7. The van der Waals surface area contributed by atoms with Crippen molar-refractivity contribution in [3.05, 3.63) is 65.0 Å². The molecule has 10 heteroatoms. The second-order valence-corrected chi connectivity index (χ2v) is 7.51. The molecule has 3 aromatic rings. The minimum Gasteiger partial charge on any atom is -0.482 e. The number of hydrogen-bond acceptors (Lipinski definition) is 5. The molecule has 158 valence electrons. The smallest absolute Gasteiger partial charge is 0.416 e. The number of hydrogen-bond donors (Lipinski definition) is 1. The highest BCUT2D eigenvalue weighted by Gasteiger charge is 2.30. The summed E-state index contributed by atoms with van der Waals surface area (Å²) in [6, 6.07) is 10.1. The Hall–Kier alpha value is -3.01. The third-order valence-electron chi connectivity index (χ3n) is 4.18. The van der Waals surface area contributed by atoms with Crippen LogP contribution in [0.1, 0.15) is 22.5 Å². The van der Waals surface area contributed by atoms with Gasteiger partial charge in [0.05, 0.1) is 22.6 Å². The maximum Gasteiger partial charge on any atom is 0.416 e. The Morgan fingerprint density at radius 1 is 1.13 bits per heavy atom. The third kappa shape index (κ3) is 5.32. The van der Waals surface area contributed by atoms with E-state index in [2.05, 4.69) is 10.2 Å². The summed E-state index contributed by atoms with van der Waals surface area (Å²) in [6.45, 7) is 3.21. The average molecular weight is 437 g/mol. The number of thioether (sulfide) groups is 1. The summed E-state index contributed by atoms with van der Waals surface area (Å²) < 4.78 is 43.3. The molecular formula is C20H18F3N3O3S. The van der Waals surface area contributed by atoms with E-state index >= 15 is 0 Å². The highest BCUT2D eigenvalue weighted by Crippen LogP contribution is 2.30. The van der Waals surface area contributed by atoms with Crippen molar-refractivity contribution in [3.8, 4) is 11.4 Å². The molecule has 30 heavy (non-hydrogen) atoms. The van der Waals surface area contributed by atoms with Gasteiger partial charge in [0.2, 0.25) is 0 Å². The van der Waals surface area contributed by atoms with Gasteiger partial charge in [-0.05, 0) is 61.9 Å². The summed E-state index contributed by atoms with van der Waals surface area (Å²) in [4.78, 5) is 12.9. The number of aromatic nitrogens is 3. The normalized spacial score (nSPS) is 11.5. The molecule has 1 heterocycles. The Morgan fingerprint density at radius 3 is 2.43 bits per heavy atom. The van der Waals surface area contributed by atoms with Gasteiger partial charge in [0.15, 0.2) is 6.61 Å². The summed E-state index contributed by atoms with van der Waals surface area (Å²) in [7, 11) is 0. The SMILES string of the molecule is Cc1cc(SCc2nn(-c3ccc(C(F)(F)F)cc3)nc2C)ccc1OCC(=O)O. The Balaban J connectivity index is 1.68. The molecule has 3 rings (SSSR count). The van der Waals surface area contributed by atoms with Crippen LogP contribution < -0.4 is 4.74 Å². The predicted octanol–water partition coefficient (Wildman–Crippen LogP) is 4.66. The zero-order valence-corrected chi connectivity index (χ0v) is 16.9. The van der Waals surface area contributed by atoms with Gasteiger partial charge >= 0.3 is 12.1 Å². The number of carboxylic acids is 1.